The van der Waals surface area contributed by atoms with Crippen LogP contribution in [0.4, 0.5) is 8.78 Å². The summed E-state index contributed by atoms with van der Waals surface area (Å²) in [5, 5.41) is 9.84. The molecule has 0 unspecified atom stereocenters. The van der Waals surface area contributed by atoms with Crippen LogP contribution in [-0.4, -0.2) is 50.1 Å². The van der Waals surface area contributed by atoms with Crippen LogP contribution in [0.3, 0.4) is 0 Å². The third-order valence-electron chi connectivity index (χ3n) is 3.37. The van der Waals surface area contributed by atoms with Crippen molar-refractivity contribution in [3.05, 3.63) is 26.7 Å². The zero-order valence-corrected chi connectivity index (χ0v) is 13.9. The molecule has 1 aliphatic rings. The van der Waals surface area contributed by atoms with Gasteiger partial charge in [-0.15, -0.1) is 21.5 Å². The zero-order valence-electron chi connectivity index (χ0n) is 12.3. The van der Waals surface area contributed by atoms with Gasteiger partial charge in [-0.05, 0) is 0 Å². The van der Waals surface area contributed by atoms with E-state index in [2.05, 4.69) is 20.5 Å². The predicted molar refractivity (Wildman–Crippen MR) is 80.2 cm³/mol. The second-order valence-corrected chi connectivity index (χ2v) is 6.37. The maximum Gasteiger partial charge on any atom is 0.289 e. The summed E-state index contributed by atoms with van der Waals surface area (Å²) in [5.41, 5.74) is 0. The minimum absolute atomic E-state index is 0.0559. The van der Waals surface area contributed by atoms with Gasteiger partial charge in [-0.25, -0.2) is 13.8 Å². The Bertz CT molecular complexity index is 808. The summed E-state index contributed by atoms with van der Waals surface area (Å²) in [4.78, 5) is 28.5. The second kappa shape index (κ2) is 6.40. The first-order chi connectivity index (χ1) is 11.4. The Kier molecular flexibility index (Phi) is 4.45. The van der Waals surface area contributed by atoms with Gasteiger partial charge >= 0.3 is 0 Å². The average Bonchev–Trinajstić information content (AvgIpc) is 3.11. The molecule has 2 aromatic rings. The third kappa shape index (κ3) is 2.96. The van der Waals surface area contributed by atoms with Gasteiger partial charge in [0, 0.05) is 20.1 Å². The van der Waals surface area contributed by atoms with Gasteiger partial charge in [-0.2, -0.15) is 0 Å². The van der Waals surface area contributed by atoms with E-state index in [0.717, 1.165) is 0 Å². The van der Waals surface area contributed by atoms with E-state index in [1.54, 1.807) is 4.57 Å². The van der Waals surface area contributed by atoms with Crippen molar-refractivity contribution in [2.24, 2.45) is 0 Å². The van der Waals surface area contributed by atoms with Crippen molar-refractivity contribution in [3.8, 4) is 0 Å². The highest BCUT2D eigenvalue weighted by molar-refractivity contribution is 7.14. The van der Waals surface area contributed by atoms with Crippen molar-refractivity contribution in [2.75, 3.05) is 13.6 Å². The molecule has 0 radical (unpaired) electrons. The molecular weight excluding hydrogens is 366 g/mol. The molecule has 0 saturated carbocycles. The minimum atomic E-state index is -2.79. The summed E-state index contributed by atoms with van der Waals surface area (Å²) in [6, 6.07) is 0. The Morgan fingerprint density at radius 1 is 1.50 bits per heavy atom. The van der Waals surface area contributed by atoms with Crippen LogP contribution in [0.5, 0.6) is 0 Å². The number of nitrogens with one attached hydrogen (secondary N) is 1. The summed E-state index contributed by atoms with van der Waals surface area (Å²) in [6.07, 6.45) is -2.79. The van der Waals surface area contributed by atoms with Gasteiger partial charge in [0.25, 0.3) is 18.2 Å². The molecule has 2 aromatic heterocycles. The number of thiazole rings is 1. The van der Waals surface area contributed by atoms with E-state index >= 15 is 0 Å². The summed E-state index contributed by atoms with van der Waals surface area (Å²) >= 11 is 6.17. The number of nitrogens with zero attached hydrogens (tertiary/aromatic N) is 5. The lowest BCUT2D eigenvalue weighted by atomic mass is 10.4. The average molecular weight is 377 g/mol. The number of hydrogen-bond donors (Lipinski definition) is 1. The molecule has 8 nitrogen and oxygen atoms in total. The van der Waals surface area contributed by atoms with Crippen molar-refractivity contribution >= 4 is 34.8 Å². The second-order valence-electron chi connectivity index (χ2n) is 4.98. The molecular formula is C12H11ClF2N6O2S. The summed E-state index contributed by atoms with van der Waals surface area (Å²) in [7, 11) is 1.48. The largest absolute Gasteiger partial charge is 0.348 e. The van der Waals surface area contributed by atoms with E-state index in [1.165, 1.54) is 11.9 Å². The maximum absolute atomic E-state index is 12.7. The molecule has 0 fully saturated rings. The molecule has 24 heavy (non-hydrogen) atoms. The molecule has 3 heterocycles. The van der Waals surface area contributed by atoms with Crippen LogP contribution in [-0.2, 0) is 13.1 Å². The van der Waals surface area contributed by atoms with Crippen molar-refractivity contribution in [3.63, 3.8) is 0 Å². The molecule has 1 N–H and O–H groups in total. The van der Waals surface area contributed by atoms with Gasteiger partial charge in [0.1, 0.15) is 10.0 Å². The quantitative estimate of drug-likeness (QED) is 0.869. The summed E-state index contributed by atoms with van der Waals surface area (Å²) in [5.74, 6) is -0.296. The monoisotopic (exact) mass is 376 g/mol. The van der Waals surface area contributed by atoms with E-state index in [4.69, 9.17) is 11.6 Å². The lowest BCUT2D eigenvalue weighted by Crippen LogP contribution is -2.37. The van der Waals surface area contributed by atoms with E-state index in [9.17, 15) is 18.4 Å². The lowest BCUT2D eigenvalue weighted by Gasteiger charge is -2.18. The van der Waals surface area contributed by atoms with Crippen molar-refractivity contribution in [1.29, 1.82) is 0 Å². The molecule has 0 atom stereocenters. The fourth-order valence-corrected chi connectivity index (χ4v) is 3.34. The van der Waals surface area contributed by atoms with Gasteiger partial charge < -0.3 is 14.8 Å². The molecule has 0 saturated heterocycles. The number of carbonyl (C=O) groups is 2. The van der Waals surface area contributed by atoms with Crippen LogP contribution < -0.4 is 5.32 Å². The number of amides is 2. The van der Waals surface area contributed by atoms with Crippen LogP contribution in [0.1, 0.15) is 37.5 Å². The molecule has 12 heteroatoms. The van der Waals surface area contributed by atoms with Crippen LogP contribution in [0, 0.1) is 0 Å². The molecule has 128 valence electrons. The van der Waals surface area contributed by atoms with Crippen LogP contribution in [0.25, 0.3) is 0 Å². The molecule has 0 bridgehead atoms. The lowest BCUT2D eigenvalue weighted by molar-refractivity contribution is 0.0779. The van der Waals surface area contributed by atoms with E-state index in [-0.39, 0.29) is 28.4 Å². The number of aromatic nitrogens is 4. The van der Waals surface area contributed by atoms with E-state index in [0.29, 0.717) is 30.3 Å². The normalized spacial score (nSPS) is 13.8. The van der Waals surface area contributed by atoms with Crippen molar-refractivity contribution in [1.82, 2.24) is 30.0 Å². The zero-order chi connectivity index (χ0) is 17.4. The van der Waals surface area contributed by atoms with Gasteiger partial charge in [0.2, 0.25) is 5.82 Å². The fourth-order valence-electron chi connectivity index (χ4n) is 2.20. The Morgan fingerprint density at radius 3 is 2.92 bits per heavy atom. The topological polar surface area (TPSA) is 93.0 Å². The highest BCUT2D eigenvalue weighted by Gasteiger charge is 2.26. The Hall–Kier alpha value is -2.14. The fraction of sp³-hybridized carbons (Fsp3) is 0.417. The first kappa shape index (κ1) is 16.7. The number of rotatable bonds is 4. The van der Waals surface area contributed by atoms with Crippen LogP contribution in [0.2, 0.25) is 5.15 Å². The number of hydrogen-bond acceptors (Lipinski definition) is 6. The highest BCUT2D eigenvalue weighted by atomic mass is 35.5. The van der Waals surface area contributed by atoms with Crippen molar-refractivity contribution in [2.45, 2.75) is 19.5 Å². The summed E-state index contributed by atoms with van der Waals surface area (Å²) in [6.45, 7) is 0.985. The van der Waals surface area contributed by atoms with Crippen molar-refractivity contribution < 1.29 is 18.4 Å². The molecule has 2 amide bonds. The third-order valence-corrected chi connectivity index (χ3v) is 4.82. The SMILES string of the molecule is CN(Cc1nnc2n1CCNC2=O)C(=O)c1nc(Cl)c(C(F)F)s1. The molecule has 0 aromatic carbocycles. The van der Waals surface area contributed by atoms with Gasteiger partial charge in [-0.3, -0.25) is 9.59 Å². The first-order valence-corrected chi connectivity index (χ1v) is 7.98. The number of carbonyl (C=O) groups excluding carboxylic acids is 2. The first-order valence-electron chi connectivity index (χ1n) is 6.78. The van der Waals surface area contributed by atoms with E-state index in [1.807, 2.05) is 0 Å². The predicted octanol–water partition coefficient (Wildman–Crippen LogP) is 1.34. The number of halogens is 3. The molecule has 1 aliphatic heterocycles. The minimum Gasteiger partial charge on any atom is -0.348 e. The van der Waals surface area contributed by atoms with Crippen LogP contribution in [0.15, 0.2) is 0 Å². The van der Waals surface area contributed by atoms with Gasteiger partial charge in [0.15, 0.2) is 10.8 Å². The number of alkyl halides is 2. The Morgan fingerprint density at radius 2 is 2.25 bits per heavy atom. The Balaban J connectivity index is 1.78. The van der Waals surface area contributed by atoms with Gasteiger partial charge in [0.05, 0.1) is 6.54 Å². The van der Waals surface area contributed by atoms with E-state index < -0.39 is 17.2 Å². The van der Waals surface area contributed by atoms with Crippen LogP contribution >= 0.6 is 22.9 Å². The Labute approximate surface area is 143 Å². The highest BCUT2D eigenvalue weighted by Crippen LogP contribution is 2.32. The standard InChI is InChI=1S/C12H11ClF2N6O2S/c1-20(12(23)11-17-7(13)6(24-11)8(14)15)4-5-18-19-9-10(22)16-2-3-21(5)9/h8H,2-4H2,1H3,(H,16,22). The van der Waals surface area contributed by atoms with Gasteiger partial charge in [-0.1, -0.05) is 11.6 Å². The molecule has 0 aliphatic carbocycles. The summed E-state index contributed by atoms with van der Waals surface area (Å²) < 4.78 is 27.1. The molecule has 3 rings (SSSR count). The smallest absolute Gasteiger partial charge is 0.289 e. The maximum atomic E-state index is 12.7. The number of fused-ring (bicyclic) bond motifs is 1. The molecule has 0 spiro atoms.